The number of thiophene rings is 1. The van der Waals surface area contributed by atoms with Crippen molar-refractivity contribution >= 4 is 23.2 Å². The molecular weight excluding hydrogens is 364 g/mol. The van der Waals surface area contributed by atoms with Crippen molar-refractivity contribution in [2.75, 3.05) is 7.11 Å². The quantitative estimate of drug-likeness (QED) is 0.655. The summed E-state index contributed by atoms with van der Waals surface area (Å²) in [6.45, 7) is 0.734. The molecule has 3 rings (SSSR count). The van der Waals surface area contributed by atoms with E-state index in [4.69, 9.17) is 4.74 Å². The number of carbonyl (C=O) groups excluding carboxylic acids is 2. The van der Waals surface area contributed by atoms with Gasteiger partial charge in [-0.1, -0.05) is 18.2 Å². The molecule has 0 saturated heterocycles. The summed E-state index contributed by atoms with van der Waals surface area (Å²) in [5, 5.41) is 7.49. The first kappa shape index (κ1) is 18.5. The van der Waals surface area contributed by atoms with E-state index in [1.54, 1.807) is 18.4 Å². The zero-order valence-corrected chi connectivity index (χ0v) is 15.5. The van der Waals surface area contributed by atoms with Gasteiger partial charge in [0.2, 0.25) is 0 Å². The van der Waals surface area contributed by atoms with E-state index in [1.807, 2.05) is 41.8 Å². The van der Waals surface area contributed by atoms with Crippen LogP contribution < -0.4 is 15.4 Å². The second-order valence-corrected chi connectivity index (χ2v) is 6.62. The lowest BCUT2D eigenvalue weighted by Crippen LogP contribution is -2.26. The lowest BCUT2D eigenvalue weighted by molar-refractivity contribution is 0.0944. The molecule has 0 radical (unpaired) electrons. The van der Waals surface area contributed by atoms with E-state index in [1.165, 1.54) is 12.4 Å². The van der Waals surface area contributed by atoms with Crippen LogP contribution in [-0.2, 0) is 13.1 Å². The van der Waals surface area contributed by atoms with Crippen LogP contribution in [0, 0.1) is 0 Å². The first-order chi connectivity index (χ1) is 13.2. The average Bonchev–Trinajstić information content (AvgIpc) is 3.24. The van der Waals surface area contributed by atoms with E-state index in [9.17, 15) is 9.59 Å². The van der Waals surface area contributed by atoms with Gasteiger partial charge in [0, 0.05) is 17.5 Å². The number of methoxy groups -OCH3 is 1. The summed E-state index contributed by atoms with van der Waals surface area (Å²) in [6.07, 6.45) is 1.21. The van der Waals surface area contributed by atoms with Gasteiger partial charge in [-0.2, -0.15) is 0 Å². The topological polar surface area (TPSA) is 93.2 Å². The van der Waals surface area contributed by atoms with E-state index in [0.29, 0.717) is 18.8 Å². The molecule has 2 N–H and O–H groups in total. The third-order valence-corrected chi connectivity index (χ3v) is 4.60. The molecule has 1 aromatic carbocycles. The van der Waals surface area contributed by atoms with Gasteiger partial charge in [0.25, 0.3) is 11.8 Å². The number of amides is 2. The second-order valence-electron chi connectivity index (χ2n) is 5.58. The van der Waals surface area contributed by atoms with Crippen molar-refractivity contribution in [1.82, 2.24) is 20.6 Å². The van der Waals surface area contributed by atoms with Gasteiger partial charge in [-0.05, 0) is 29.1 Å². The number of carbonyl (C=O) groups is 2. The van der Waals surface area contributed by atoms with Gasteiger partial charge < -0.3 is 15.4 Å². The fourth-order valence-corrected chi connectivity index (χ4v) is 2.98. The highest BCUT2D eigenvalue weighted by atomic mass is 32.1. The van der Waals surface area contributed by atoms with E-state index in [0.717, 1.165) is 10.4 Å². The van der Waals surface area contributed by atoms with Gasteiger partial charge in [-0.3, -0.25) is 9.59 Å². The van der Waals surface area contributed by atoms with E-state index in [-0.39, 0.29) is 23.2 Å². The number of hydrogen-bond donors (Lipinski definition) is 2. The molecule has 0 bridgehead atoms. The van der Waals surface area contributed by atoms with Crippen molar-refractivity contribution in [3.63, 3.8) is 0 Å². The van der Waals surface area contributed by atoms with Crippen molar-refractivity contribution in [2.45, 2.75) is 13.1 Å². The largest absolute Gasteiger partial charge is 0.497 e. The number of aromatic nitrogens is 2. The maximum absolute atomic E-state index is 12.3. The molecule has 2 heterocycles. The summed E-state index contributed by atoms with van der Waals surface area (Å²) in [7, 11) is 1.59. The Morgan fingerprint density at radius 3 is 2.41 bits per heavy atom. The molecule has 27 heavy (non-hydrogen) atoms. The molecule has 7 nitrogen and oxygen atoms in total. The smallest absolute Gasteiger partial charge is 0.270 e. The van der Waals surface area contributed by atoms with E-state index >= 15 is 0 Å². The molecule has 2 aromatic heterocycles. The summed E-state index contributed by atoms with van der Waals surface area (Å²) in [4.78, 5) is 33.5. The molecule has 0 aliphatic heterocycles. The van der Waals surface area contributed by atoms with Crippen LogP contribution in [0.4, 0.5) is 0 Å². The molecule has 0 aliphatic rings. The highest BCUT2D eigenvalue weighted by molar-refractivity contribution is 7.09. The highest BCUT2D eigenvalue weighted by Gasteiger charge is 2.13. The Morgan fingerprint density at radius 1 is 1.00 bits per heavy atom. The highest BCUT2D eigenvalue weighted by Crippen LogP contribution is 2.12. The summed E-state index contributed by atoms with van der Waals surface area (Å²) in [5.41, 5.74) is 1.17. The molecule has 3 aromatic rings. The van der Waals surface area contributed by atoms with Crippen LogP contribution in [0.2, 0.25) is 0 Å². The van der Waals surface area contributed by atoms with Crippen LogP contribution in [0.3, 0.4) is 0 Å². The molecular formula is C19H18N4O3S. The second kappa shape index (κ2) is 8.91. The zero-order valence-electron chi connectivity index (χ0n) is 14.6. The number of ether oxygens (including phenoxy) is 1. The molecule has 0 aliphatic carbocycles. The van der Waals surface area contributed by atoms with Crippen molar-refractivity contribution in [3.05, 3.63) is 76.0 Å². The third kappa shape index (κ3) is 5.11. The van der Waals surface area contributed by atoms with Crippen LogP contribution in [0.1, 0.15) is 31.4 Å². The predicted octanol–water partition coefficient (Wildman–Crippen LogP) is 2.41. The number of nitrogens with zero attached hydrogens (tertiary/aromatic N) is 2. The maximum Gasteiger partial charge on any atom is 0.270 e. The van der Waals surface area contributed by atoms with Gasteiger partial charge >= 0.3 is 0 Å². The summed E-state index contributed by atoms with van der Waals surface area (Å²) in [5.74, 6) is -0.0198. The minimum absolute atomic E-state index is 0.133. The Morgan fingerprint density at radius 2 is 1.74 bits per heavy atom. The number of rotatable bonds is 7. The molecule has 0 saturated carbocycles. The van der Waals surface area contributed by atoms with Crippen molar-refractivity contribution in [3.8, 4) is 5.75 Å². The first-order valence-electron chi connectivity index (χ1n) is 8.19. The van der Waals surface area contributed by atoms with Crippen LogP contribution in [0.15, 0.2) is 54.2 Å². The summed E-state index contributed by atoms with van der Waals surface area (Å²) < 4.78 is 5.16. The molecule has 2 amide bonds. The molecule has 0 fully saturated rings. The zero-order chi connectivity index (χ0) is 19.1. The van der Waals surface area contributed by atoms with Crippen LogP contribution >= 0.6 is 11.3 Å². The van der Waals surface area contributed by atoms with Gasteiger partial charge in [-0.15, -0.1) is 11.3 Å². The van der Waals surface area contributed by atoms with E-state index < -0.39 is 0 Å². The molecule has 0 unspecified atom stereocenters. The van der Waals surface area contributed by atoms with Crippen LogP contribution in [0.5, 0.6) is 5.75 Å². The van der Waals surface area contributed by atoms with Crippen molar-refractivity contribution in [2.24, 2.45) is 0 Å². The molecule has 0 atom stereocenters. The monoisotopic (exact) mass is 382 g/mol. The average molecular weight is 382 g/mol. The number of hydrogen-bond acceptors (Lipinski definition) is 6. The fraction of sp³-hybridized carbons (Fsp3) is 0.158. The minimum Gasteiger partial charge on any atom is -0.497 e. The standard InChI is InChI=1S/C19H18N4O3S/c1-26-14-5-2-4-13(8-14)10-20-18(24)16-9-17(23-12-22-16)19(25)21-11-15-6-3-7-27-15/h2-9,12H,10-11H2,1H3,(H,20,24)(H,21,25). The minimum atomic E-state index is -0.382. The lowest BCUT2D eigenvalue weighted by atomic mass is 10.2. The Bertz CT molecular complexity index is 928. The Balaban J connectivity index is 1.60. The Labute approximate surface area is 160 Å². The number of benzene rings is 1. The SMILES string of the molecule is COc1cccc(CNC(=O)c2cc(C(=O)NCc3cccs3)ncn2)c1. The molecule has 8 heteroatoms. The van der Waals surface area contributed by atoms with Gasteiger partial charge in [0.1, 0.15) is 23.5 Å². The summed E-state index contributed by atoms with van der Waals surface area (Å²) in [6, 6.07) is 12.6. The van der Waals surface area contributed by atoms with Gasteiger partial charge in [0.15, 0.2) is 0 Å². The maximum atomic E-state index is 12.3. The predicted molar refractivity (Wildman–Crippen MR) is 102 cm³/mol. The Kier molecular flexibility index (Phi) is 6.11. The van der Waals surface area contributed by atoms with Gasteiger partial charge in [-0.25, -0.2) is 9.97 Å². The van der Waals surface area contributed by atoms with E-state index in [2.05, 4.69) is 20.6 Å². The molecule has 138 valence electrons. The van der Waals surface area contributed by atoms with Gasteiger partial charge in [0.05, 0.1) is 13.7 Å². The Hall–Kier alpha value is -3.26. The van der Waals surface area contributed by atoms with Crippen LogP contribution in [0.25, 0.3) is 0 Å². The normalized spacial score (nSPS) is 10.3. The van der Waals surface area contributed by atoms with Crippen molar-refractivity contribution < 1.29 is 14.3 Å². The summed E-state index contributed by atoms with van der Waals surface area (Å²) >= 11 is 1.55. The first-order valence-corrected chi connectivity index (χ1v) is 9.07. The third-order valence-electron chi connectivity index (χ3n) is 3.72. The number of nitrogens with one attached hydrogen (secondary N) is 2. The fourth-order valence-electron chi connectivity index (χ4n) is 2.33. The lowest BCUT2D eigenvalue weighted by Gasteiger charge is -2.07. The van der Waals surface area contributed by atoms with Crippen LogP contribution in [-0.4, -0.2) is 28.9 Å². The van der Waals surface area contributed by atoms with Crippen molar-refractivity contribution in [1.29, 1.82) is 0 Å². The molecule has 0 spiro atoms.